The van der Waals surface area contributed by atoms with E-state index in [1.165, 1.54) is 0 Å². The molecule has 1 amide bonds. The summed E-state index contributed by atoms with van der Waals surface area (Å²) >= 11 is 0. The van der Waals surface area contributed by atoms with Crippen molar-refractivity contribution in [3.8, 4) is 0 Å². The lowest BCUT2D eigenvalue weighted by Gasteiger charge is -2.37. The van der Waals surface area contributed by atoms with E-state index in [4.69, 9.17) is 19.6 Å². The van der Waals surface area contributed by atoms with Crippen molar-refractivity contribution >= 4 is 22.5 Å². The summed E-state index contributed by atoms with van der Waals surface area (Å²) in [7, 11) is 0. The minimum atomic E-state index is 0.0803. The highest BCUT2D eigenvalue weighted by Crippen LogP contribution is 2.24. The van der Waals surface area contributed by atoms with E-state index in [1.807, 2.05) is 29.6 Å². The number of hydrogen-bond acceptors (Lipinski definition) is 6. The molecule has 2 saturated heterocycles. The van der Waals surface area contributed by atoms with E-state index in [9.17, 15) is 4.79 Å². The summed E-state index contributed by atoms with van der Waals surface area (Å²) in [5, 5.41) is 8.98. The van der Waals surface area contributed by atoms with Gasteiger partial charge in [0.1, 0.15) is 0 Å². The van der Waals surface area contributed by atoms with Crippen LogP contribution in [-0.2, 0) is 20.7 Å². The van der Waals surface area contributed by atoms with E-state index < -0.39 is 0 Å². The minimum absolute atomic E-state index is 0.0803. The standard InChI is InChI=1S/C25H33N5O3/c1-17-20(18(2)30-25(27-17)21-5-3-4-6-22(21)28-30)7-8-24(31)26-15-23(19-9-12-33-16-19)29-10-13-32-14-11-29/h3-6,19,23H,7-16H2,1-2H3,(H,26,31). The van der Waals surface area contributed by atoms with Crippen LogP contribution < -0.4 is 5.32 Å². The molecule has 2 fully saturated rings. The Balaban J connectivity index is 1.25. The zero-order chi connectivity index (χ0) is 22.8. The number of carbonyl (C=O) groups is 1. The van der Waals surface area contributed by atoms with E-state index in [-0.39, 0.29) is 5.91 Å². The molecule has 2 atom stereocenters. The number of hydrogen-bond donors (Lipinski definition) is 1. The van der Waals surface area contributed by atoms with Crippen LogP contribution in [-0.4, -0.2) is 77.5 Å². The van der Waals surface area contributed by atoms with Crippen LogP contribution in [0.25, 0.3) is 16.6 Å². The molecule has 0 aliphatic carbocycles. The average molecular weight is 452 g/mol. The molecule has 4 heterocycles. The second-order valence-corrected chi connectivity index (χ2v) is 9.16. The summed E-state index contributed by atoms with van der Waals surface area (Å²) in [4.78, 5) is 20.1. The first-order valence-corrected chi connectivity index (χ1v) is 12.0. The maximum Gasteiger partial charge on any atom is 0.220 e. The summed E-state index contributed by atoms with van der Waals surface area (Å²) in [6.07, 6.45) is 2.14. The first kappa shape index (κ1) is 22.3. The van der Waals surface area contributed by atoms with E-state index in [0.717, 1.165) is 79.4 Å². The number of nitrogens with one attached hydrogen (secondary N) is 1. The molecule has 33 heavy (non-hydrogen) atoms. The quantitative estimate of drug-likeness (QED) is 0.594. The molecule has 2 unspecified atom stereocenters. The maximum absolute atomic E-state index is 12.8. The number of amides is 1. The number of morpholine rings is 1. The zero-order valence-corrected chi connectivity index (χ0v) is 19.5. The number of fused-ring (bicyclic) bond motifs is 3. The predicted molar refractivity (Wildman–Crippen MR) is 126 cm³/mol. The van der Waals surface area contributed by atoms with Gasteiger partial charge in [0.05, 0.1) is 25.3 Å². The van der Waals surface area contributed by atoms with Crippen molar-refractivity contribution in [1.29, 1.82) is 0 Å². The predicted octanol–water partition coefficient (Wildman–Crippen LogP) is 2.29. The summed E-state index contributed by atoms with van der Waals surface area (Å²) < 4.78 is 13.1. The third kappa shape index (κ3) is 4.60. The molecule has 2 aromatic heterocycles. The molecule has 1 N–H and O–H groups in total. The Morgan fingerprint density at radius 3 is 2.79 bits per heavy atom. The number of rotatable bonds is 7. The fourth-order valence-electron chi connectivity index (χ4n) is 5.24. The van der Waals surface area contributed by atoms with Crippen molar-refractivity contribution in [2.75, 3.05) is 46.1 Å². The van der Waals surface area contributed by atoms with Crippen molar-refractivity contribution < 1.29 is 14.3 Å². The minimum Gasteiger partial charge on any atom is -0.381 e. The van der Waals surface area contributed by atoms with Gasteiger partial charge in [-0.1, -0.05) is 12.1 Å². The Hall–Kier alpha value is -2.55. The van der Waals surface area contributed by atoms with Crippen LogP contribution in [0.5, 0.6) is 0 Å². The van der Waals surface area contributed by atoms with Gasteiger partial charge in [0.2, 0.25) is 5.91 Å². The molecule has 5 rings (SSSR count). The van der Waals surface area contributed by atoms with Gasteiger partial charge >= 0.3 is 0 Å². The highest BCUT2D eigenvalue weighted by molar-refractivity contribution is 5.92. The summed E-state index contributed by atoms with van der Waals surface area (Å²) in [6.45, 7) is 9.69. The van der Waals surface area contributed by atoms with Gasteiger partial charge in [-0.2, -0.15) is 5.10 Å². The lowest BCUT2D eigenvalue weighted by molar-refractivity contribution is -0.121. The smallest absolute Gasteiger partial charge is 0.220 e. The molecule has 0 radical (unpaired) electrons. The Bertz CT molecular complexity index is 1130. The average Bonchev–Trinajstić information content (AvgIpc) is 3.49. The third-order valence-electron chi connectivity index (χ3n) is 7.15. The number of carbonyl (C=O) groups excluding carboxylic acids is 1. The van der Waals surface area contributed by atoms with Gasteiger partial charge in [-0.3, -0.25) is 9.69 Å². The number of nitrogens with zero attached hydrogens (tertiary/aromatic N) is 4. The SMILES string of the molecule is Cc1nc2c3ccccc3nn2c(C)c1CCC(=O)NCC(C1CCOC1)N1CCOCC1. The first-order valence-electron chi connectivity index (χ1n) is 12.0. The number of aromatic nitrogens is 3. The maximum atomic E-state index is 12.8. The van der Waals surface area contributed by atoms with E-state index >= 15 is 0 Å². The van der Waals surface area contributed by atoms with Gasteiger partial charge in [0, 0.05) is 61.4 Å². The molecule has 0 spiro atoms. The summed E-state index contributed by atoms with van der Waals surface area (Å²) in [5.74, 6) is 0.546. The molecule has 3 aromatic rings. The van der Waals surface area contributed by atoms with E-state index in [2.05, 4.69) is 23.2 Å². The van der Waals surface area contributed by atoms with Crippen LogP contribution in [0.2, 0.25) is 0 Å². The monoisotopic (exact) mass is 451 g/mol. The Kier molecular flexibility index (Phi) is 6.57. The molecular formula is C25H33N5O3. The van der Waals surface area contributed by atoms with Crippen molar-refractivity contribution in [3.63, 3.8) is 0 Å². The molecule has 0 bridgehead atoms. The highest BCUT2D eigenvalue weighted by atomic mass is 16.5. The molecule has 1 aromatic carbocycles. The molecular weight excluding hydrogens is 418 g/mol. The molecule has 176 valence electrons. The van der Waals surface area contributed by atoms with Crippen LogP contribution >= 0.6 is 0 Å². The van der Waals surface area contributed by atoms with Crippen LogP contribution in [0.15, 0.2) is 24.3 Å². The van der Waals surface area contributed by atoms with Crippen molar-refractivity contribution in [2.45, 2.75) is 39.2 Å². The van der Waals surface area contributed by atoms with Gasteiger partial charge in [0.25, 0.3) is 0 Å². The zero-order valence-electron chi connectivity index (χ0n) is 19.5. The lowest BCUT2D eigenvalue weighted by atomic mass is 9.96. The van der Waals surface area contributed by atoms with Crippen molar-refractivity contribution in [3.05, 3.63) is 41.2 Å². The number of benzene rings is 1. The molecule has 2 aliphatic heterocycles. The molecule has 2 aliphatic rings. The van der Waals surface area contributed by atoms with Gasteiger partial charge in [-0.25, -0.2) is 9.50 Å². The normalized spacial score (nSPS) is 20.5. The lowest BCUT2D eigenvalue weighted by Crippen LogP contribution is -2.52. The van der Waals surface area contributed by atoms with Crippen molar-refractivity contribution in [2.24, 2.45) is 5.92 Å². The Labute approximate surface area is 194 Å². The topological polar surface area (TPSA) is 81.0 Å². The summed E-state index contributed by atoms with van der Waals surface area (Å²) in [5.41, 5.74) is 4.93. The second-order valence-electron chi connectivity index (χ2n) is 9.16. The van der Waals surface area contributed by atoms with Gasteiger partial charge < -0.3 is 14.8 Å². The first-order chi connectivity index (χ1) is 16.1. The molecule has 0 saturated carbocycles. The van der Waals surface area contributed by atoms with E-state index in [1.54, 1.807) is 0 Å². The Morgan fingerprint density at radius 1 is 1.18 bits per heavy atom. The van der Waals surface area contributed by atoms with Gasteiger partial charge in [-0.05, 0) is 44.4 Å². The van der Waals surface area contributed by atoms with Crippen molar-refractivity contribution in [1.82, 2.24) is 24.8 Å². The summed E-state index contributed by atoms with van der Waals surface area (Å²) in [6, 6.07) is 8.36. The van der Waals surface area contributed by atoms with Gasteiger partial charge in [-0.15, -0.1) is 0 Å². The third-order valence-corrected chi connectivity index (χ3v) is 7.15. The number of aryl methyl sites for hydroxylation is 2. The fraction of sp³-hybridized carbons (Fsp3) is 0.560. The van der Waals surface area contributed by atoms with Crippen LogP contribution in [0.1, 0.15) is 29.8 Å². The largest absolute Gasteiger partial charge is 0.381 e. The van der Waals surface area contributed by atoms with Crippen LogP contribution in [0, 0.1) is 19.8 Å². The van der Waals surface area contributed by atoms with Gasteiger partial charge in [0.15, 0.2) is 5.65 Å². The molecule has 8 heteroatoms. The van der Waals surface area contributed by atoms with Crippen LogP contribution in [0.3, 0.4) is 0 Å². The van der Waals surface area contributed by atoms with Crippen LogP contribution in [0.4, 0.5) is 0 Å². The number of ether oxygens (including phenoxy) is 2. The van der Waals surface area contributed by atoms with E-state index in [0.29, 0.717) is 31.3 Å². The fourth-order valence-corrected chi connectivity index (χ4v) is 5.24. The molecule has 8 nitrogen and oxygen atoms in total. The highest BCUT2D eigenvalue weighted by Gasteiger charge is 2.31. The Morgan fingerprint density at radius 2 is 2.00 bits per heavy atom. The second kappa shape index (κ2) is 9.75.